The minimum atomic E-state index is -0.282. The fourth-order valence-corrected chi connectivity index (χ4v) is 2.10. The molecule has 1 aliphatic rings. The van der Waals surface area contributed by atoms with Crippen LogP contribution in [0.25, 0.3) is 0 Å². The summed E-state index contributed by atoms with van der Waals surface area (Å²) in [6.07, 6.45) is 0.640. The van der Waals surface area contributed by atoms with Crippen molar-refractivity contribution in [3.63, 3.8) is 0 Å². The topological polar surface area (TPSA) is 56.5 Å². The van der Waals surface area contributed by atoms with E-state index in [1.807, 2.05) is 20.8 Å². The van der Waals surface area contributed by atoms with Gasteiger partial charge in [-0.15, -0.1) is 0 Å². The molecule has 0 amide bonds. The third kappa shape index (κ3) is 3.16. The minimum Gasteiger partial charge on any atom is -0.394 e. The van der Waals surface area contributed by atoms with Gasteiger partial charge < -0.3 is 9.84 Å². The van der Waals surface area contributed by atoms with E-state index in [1.54, 1.807) is 0 Å². The van der Waals surface area contributed by atoms with Crippen molar-refractivity contribution >= 4 is 0 Å². The minimum absolute atomic E-state index is 0.0157. The first-order valence-electron chi connectivity index (χ1n) is 5.44. The number of nitrogens with zero attached hydrogens (tertiary/aromatic N) is 2. The second-order valence-electron chi connectivity index (χ2n) is 4.66. The maximum Gasteiger partial charge on any atom is 0.0977 e. The average molecular weight is 212 g/mol. The summed E-state index contributed by atoms with van der Waals surface area (Å²) in [6, 6.07) is 2.23. The molecule has 0 aromatic rings. The highest BCUT2D eigenvalue weighted by Gasteiger charge is 2.35. The summed E-state index contributed by atoms with van der Waals surface area (Å²) in [6.45, 7) is 7.39. The first-order chi connectivity index (χ1) is 7.02. The highest BCUT2D eigenvalue weighted by Crippen LogP contribution is 2.23. The van der Waals surface area contributed by atoms with E-state index in [2.05, 4.69) is 11.0 Å². The number of aliphatic hydroxyl groups excluding tert-OH is 1. The maximum atomic E-state index is 9.13. The molecule has 1 saturated heterocycles. The van der Waals surface area contributed by atoms with Crippen LogP contribution in [0.4, 0.5) is 0 Å². The van der Waals surface area contributed by atoms with Crippen molar-refractivity contribution < 1.29 is 9.84 Å². The van der Waals surface area contributed by atoms with E-state index in [1.165, 1.54) is 0 Å². The summed E-state index contributed by atoms with van der Waals surface area (Å²) in [4.78, 5) is 2.10. The molecule has 0 bridgehead atoms. The highest BCUT2D eigenvalue weighted by atomic mass is 16.5. The zero-order chi connectivity index (χ0) is 11.5. The van der Waals surface area contributed by atoms with Crippen molar-refractivity contribution in [2.45, 2.75) is 44.9 Å². The smallest absolute Gasteiger partial charge is 0.0977 e. The summed E-state index contributed by atoms with van der Waals surface area (Å²) in [5.74, 6) is 0. The van der Waals surface area contributed by atoms with Crippen LogP contribution in [0.2, 0.25) is 0 Å². The molecule has 0 aromatic carbocycles. The monoisotopic (exact) mass is 212 g/mol. The Bertz CT molecular complexity index is 247. The first-order valence-corrected chi connectivity index (χ1v) is 5.44. The van der Waals surface area contributed by atoms with Gasteiger partial charge >= 0.3 is 0 Å². The number of aliphatic hydroxyl groups is 1. The molecule has 0 aromatic heterocycles. The van der Waals surface area contributed by atoms with Crippen molar-refractivity contribution in [2.24, 2.45) is 0 Å². The van der Waals surface area contributed by atoms with Crippen molar-refractivity contribution in [2.75, 3.05) is 19.7 Å². The quantitative estimate of drug-likeness (QED) is 0.750. The van der Waals surface area contributed by atoms with Gasteiger partial charge in [0.05, 0.1) is 30.4 Å². The lowest BCUT2D eigenvalue weighted by Crippen LogP contribution is -2.56. The van der Waals surface area contributed by atoms with E-state index >= 15 is 0 Å². The van der Waals surface area contributed by atoms with E-state index in [4.69, 9.17) is 15.1 Å². The van der Waals surface area contributed by atoms with E-state index < -0.39 is 0 Å². The number of ether oxygens (including phenoxy) is 1. The van der Waals surface area contributed by atoms with Gasteiger partial charge in [0.25, 0.3) is 0 Å². The lowest BCUT2D eigenvalue weighted by atomic mass is 10.0. The van der Waals surface area contributed by atoms with Crippen LogP contribution in [-0.4, -0.2) is 47.4 Å². The summed E-state index contributed by atoms with van der Waals surface area (Å²) in [7, 11) is 0. The van der Waals surface area contributed by atoms with Gasteiger partial charge in [-0.3, -0.25) is 4.90 Å². The molecule has 0 radical (unpaired) electrons. The van der Waals surface area contributed by atoms with Crippen LogP contribution in [0.1, 0.15) is 27.2 Å². The lowest BCUT2D eigenvalue weighted by Gasteiger charge is -2.43. The van der Waals surface area contributed by atoms with E-state index in [0.29, 0.717) is 6.54 Å². The molecule has 1 aliphatic heterocycles. The SMILES string of the molecule is CCC(C#N)N1CC(CO)OC(C)(C)C1. The van der Waals surface area contributed by atoms with Crippen molar-refractivity contribution in [1.82, 2.24) is 4.90 Å². The fourth-order valence-electron chi connectivity index (χ4n) is 2.10. The zero-order valence-electron chi connectivity index (χ0n) is 9.73. The standard InChI is InChI=1S/C11H20N2O2/c1-4-9(5-12)13-6-10(7-14)15-11(2,3)8-13/h9-10,14H,4,6-8H2,1-3H3. The Morgan fingerprint density at radius 3 is 2.80 bits per heavy atom. The van der Waals surface area contributed by atoms with Crippen LogP contribution < -0.4 is 0 Å². The van der Waals surface area contributed by atoms with Gasteiger partial charge in [0.2, 0.25) is 0 Å². The molecule has 4 heteroatoms. The molecule has 0 saturated carbocycles. The average Bonchev–Trinajstić information content (AvgIpc) is 2.17. The summed E-state index contributed by atoms with van der Waals surface area (Å²) < 4.78 is 5.69. The van der Waals surface area contributed by atoms with Crippen LogP contribution in [0.3, 0.4) is 0 Å². The summed E-state index contributed by atoms with van der Waals surface area (Å²) >= 11 is 0. The van der Waals surface area contributed by atoms with Gasteiger partial charge in [0.1, 0.15) is 0 Å². The number of nitriles is 1. The summed E-state index contributed by atoms with van der Waals surface area (Å²) in [5, 5.41) is 18.1. The molecule has 0 spiro atoms. The largest absolute Gasteiger partial charge is 0.394 e. The number of rotatable bonds is 3. The Morgan fingerprint density at radius 2 is 2.33 bits per heavy atom. The van der Waals surface area contributed by atoms with E-state index in [-0.39, 0.29) is 24.4 Å². The Kier molecular flexibility index (Phi) is 4.09. The van der Waals surface area contributed by atoms with Gasteiger partial charge in [-0.2, -0.15) is 5.26 Å². The molecule has 2 atom stereocenters. The molecule has 4 nitrogen and oxygen atoms in total. The Hall–Kier alpha value is -0.630. The van der Waals surface area contributed by atoms with Gasteiger partial charge in [-0.25, -0.2) is 0 Å². The van der Waals surface area contributed by atoms with Crippen LogP contribution in [0, 0.1) is 11.3 Å². The van der Waals surface area contributed by atoms with Crippen molar-refractivity contribution in [3.8, 4) is 6.07 Å². The molecule has 15 heavy (non-hydrogen) atoms. The Balaban J connectivity index is 2.70. The Labute approximate surface area is 91.4 Å². The molecule has 2 unspecified atom stereocenters. The first kappa shape index (κ1) is 12.4. The number of hydrogen-bond acceptors (Lipinski definition) is 4. The van der Waals surface area contributed by atoms with Gasteiger partial charge in [-0.1, -0.05) is 6.92 Å². The second-order valence-corrected chi connectivity index (χ2v) is 4.66. The fraction of sp³-hybridized carbons (Fsp3) is 0.909. The second kappa shape index (κ2) is 4.93. The maximum absolute atomic E-state index is 9.13. The highest BCUT2D eigenvalue weighted by molar-refractivity contribution is 4.96. The number of hydrogen-bond donors (Lipinski definition) is 1. The Morgan fingerprint density at radius 1 is 1.67 bits per heavy atom. The summed E-state index contributed by atoms with van der Waals surface area (Å²) in [5.41, 5.74) is -0.282. The molecule has 1 N–H and O–H groups in total. The third-order valence-electron chi connectivity index (χ3n) is 2.69. The normalized spacial score (nSPS) is 28.3. The van der Waals surface area contributed by atoms with E-state index in [0.717, 1.165) is 13.0 Å². The molecular formula is C11H20N2O2. The molecule has 0 aliphatic carbocycles. The van der Waals surface area contributed by atoms with E-state index in [9.17, 15) is 0 Å². The van der Waals surface area contributed by atoms with Crippen LogP contribution in [-0.2, 0) is 4.74 Å². The predicted octanol–water partition coefficient (Wildman–Crippen LogP) is 0.760. The lowest BCUT2D eigenvalue weighted by molar-refractivity contribution is -0.153. The van der Waals surface area contributed by atoms with Crippen LogP contribution >= 0.6 is 0 Å². The molecule has 1 fully saturated rings. The predicted molar refractivity (Wildman–Crippen MR) is 57.3 cm³/mol. The van der Waals surface area contributed by atoms with Crippen LogP contribution in [0.5, 0.6) is 0 Å². The molecule has 1 rings (SSSR count). The third-order valence-corrected chi connectivity index (χ3v) is 2.69. The van der Waals surface area contributed by atoms with Gasteiger partial charge in [-0.05, 0) is 20.3 Å². The van der Waals surface area contributed by atoms with Gasteiger partial charge in [0, 0.05) is 13.1 Å². The van der Waals surface area contributed by atoms with Crippen molar-refractivity contribution in [1.29, 1.82) is 5.26 Å². The molecular weight excluding hydrogens is 192 g/mol. The van der Waals surface area contributed by atoms with Crippen LogP contribution in [0.15, 0.2) is 0 Å². The zero-order valence-corrected chi connectivity index (χ0v) is 9.73. The van der Waals surface area contributed by atoms with Crippen molar-refractivity contribution in [3.05, 3.63) is 0 Å². The van der Waals surface area contributed by atoms with Gasteiger partial charge in [0.15, 0.2) is 0 Å². The number of morpholine rings is 1. The molecule has 1 heterocycles. The molecule has 86 valence electrons.